The molecular weight excluding hydrogens is 288 g/mol. The molecule has 2 aromatic carbocycles. The van der Waals surface area contributed by atoms with Crippen LogP contribution in [0.25, 0.3) is 11.1 Å². The average molecular weight is 304 g/mol. The SMILES string of the molecule is COc1ccc(-c2c(O)cc3c(c2OC)OCO3)c(OC)c1. The quantitative estimate of drug-likeness (QED) is 0.937. The van der Waals surface area contributed by atoms with Gasteiger partial charge in [0.05, 0.1) is 26.9 Å². The summed E-state index contributed by atoms with van der Waals surface area (Å²) in [4.78, 5) is 0. The van der Waals surface area contributed by atoms with Gasteiger partial charge in [0.15, 0.2) is 11.5 Å². The highest BCUT2D eigenvalue weighted by Gasteiger charge is 2.27. The van der Waals surface area contributed by atoms with Gasteiger partial charge >= 0.3 is 0 Å². The van der Waals surface area contributed by atoms with Crippen molar-refractivity contribution in [2.75, 3.05) is 28.1 Å². The number of aromatic hydroxyl groups is 1. The summed E-state index contributed by atoms with van der Waals surface area (Å²) in [6, 6.07) is 6.81. The average Bonchev–Trinajstić information content (AvgIpc) is 3.00. The van der Waals surface area contributed by atoms with E-state index in [0.29, 0.717) is 39.9 Å². The van der Waals surface area contributed by atoms with E-state index in [0.717, 1.165) is 0 Å². The third-order valence-corrected chi connectivity index (χ3v) is 3.48. The first-order chi connectivity index (χ1) is 10.7. The van der Waals surface area contributed by atoms with Crippen molar-refractivity contribution in [2.24, 2.45) is 0 Å². The summed E-state index contributed by atoms with van der Waals surface area (Å²) in [5.41, 5.74) is 1.14. The van der Waals surface area contributed by atoms with Crippen LogP contribution in [-0.2, 0) is 0 Å². The van der Waals surface area contributed by atoms with E-state index >= 15 is 0 Å². The molecule has 0 amide bonds. The molecule has 0 radical (unpaired) electrons. The maximum atomic E-state index is 10.4. The largest absolute Gasteiger partial charge is 0.507 e. The van der Waals surface area contributed by atoms with Crippen molar-refractivity contribution in [3.05, 3.63) is 24.3 Å². The Balaban J connectivity index is 2.24. The highest BCUT2D eigenvalue weighted by Crippen LogP contribution is 2.53. The van der Waals surface area contributed by atoms with Crippen LogP contribution < -0.4 is 23.7 Å². The lowest BCUT2D eigenvalue weighted by Gasteiger charge is -2.16. The molecule has 6 heteroatoms. The van der Waals surface area contributed by atoms with Gasteiger partial charge in [-0.3, -0.25) is 0 Å². The van der Waals surface area contributed by atoms with Crippen molar-refractivity contribution in [3.8, 4) is 45.6 Å². The summed E-state index contributed by atoms with van der Waals surface area (Å²) >= 11 is 0. The summed E-state index contributed by atoms with van der Waals surface area (Å²) in [5.74, 6) is 2.53. The Bertz CT molecular complexity index is 710. The van der Waals surface area contributed by atoms with Crippen LogP contribution in [0.4, 0.5) is 0 Å². The minimum absolute atomic E-state index is 0.0181. The second-order valence-electron chi connectivity index (χ2n) is 4.60. The van der Waals surface area contributed by atoms with Gasteiger partial charge in [-0.05, 0) is 12.1 Å². The van der Waals surface area contributed by atoms with E-state index in [1.165, 1.54) is 13.2 Å². The second-order valence-corrected chi connectivity index (χ2v) is 4.60. The zero-order chi connectivity index (χ0) is 15.7. The number of methoxy groups -OCH3 is 3. The molecule has 6 nitrogen and oxygen atoms in total. The van der Waals surface area contributed by atoms with Crippen molar-refractivity contribution in [1.29, 1.82) is 0 Å². The Kier molecular flexibility index (Phi) is 3.58. The molecule has 0 aromatic heterocycles. The van der Waals surface area contributed by atoms with Crippen LogP contribution in [0.3, 0.4) is 0 Å². The van der Waals surface area contributed by atoms with E-state index in [1.54, 1.807) is 32.4 Å². The van der Waals surface area contributed by atoms with Gasteiger partial charge in [-0.1, -0.05) is 0 Å². The highest BCUT2D eigenvalue weighted by molar-refractivity contribution is 5.85. The lowest BCUT2D eigenvalue weighted by atomic mass is 10.0. The number of fused-ring (bicyclic) bond motifs is 1. The van der Waals surface area contributed by atoms with E-state index in [2.05, 4.69) is 0 Å². The molecule has 3 rings (SSSR count). The number of phenols is 1. The number of benzene rings is 2. The standard InChI is InChI=1S/C16H16O6/c1-18-9-4-5-10(12(6-9)19-2)14-11(17)7-13-15(16(14)20-3)22-8-21-13/h4-7,17H,8H2,1-3H3. The van der Waals surface area contributed by atoms with Crippen molar-refractivity contribution in [2.45, 2.75) is 0 Å². The Hall–Kier alpha value is -2.76. The van der Waals surface area contributed by atoms with Crippen LogP contribution in [-0.4, -0.2) is 33.2 Å². The molecule has 0 bridgehead atoms. The number of hydrogen-bond acceptors (Lipinski definition) is 6. The summed E-state index contributed by atoms with van der Waals surface area (Å²) in [7, 11) is 4.64. The minimum atomic E-state index is 0.0181. The predicted octanol–water partition coefficient (Wildman–Crippen LogP) is 2.81. The number of hydrogen-bond donors (Lipinski definition) is 1. The van der Waals surface area contributed by atoms with Crippen molar-refractivity contribution >= 4 is 0 Å². The van der Waals surface area contributed by atoms with E-state index in [1.807, 2.05) is 0 Å². The van der Waals surface area contributed by atoms with E-state index in [4.69, 9.17) is 23.7 Å². The topological polar surface area (TPSA) is 66.4 Å². The van der Waals surface area contributed by atoms with Crippen LogP contribution in [0.2, 0.25) is 0 Å². The Morgan fingerprint density at radius 3 is 2.50 bits per heavy atom. The van der Waals surface area contributed by atoms with Crippen LogP contribution in [0, 0.1) is 0 Å². The molecule has 1 heterocycles. The maximum Gasteiger partial charge on any atom is 0.231 e. The first-order valence-corrected chi connectivity index (χ1v) is 6.61. The Morgan fingerprint density at radius 2 is 1.82 bits per heavy atom. The lowest BCUT2D eigenvalue weighted by Crippen LogP contribution is -1.96. The van der Waals surface area contributed by atoms with Crippen LogP contribution in [0.1, 0.15) is 0 Å². The van der Waals surface area contributed by atoms with Crippen LogP contribution in [0.5, 0.6) is 34.5 Å². The summed E-state index contributed by atoms with van der Waals surface area (Å²) in [6.07, 6.45) is 0. The molecule has 0 atom stereocenters. The zero-order valence-corrected chi connectivity index (χ0v) is 12.5. The van der Waals surface area contributed by atoms with Crippen molar-refractivity contribution in [3.63, 3.8) is 0 Å². The molecule has 0 spiro atoms. The second kappa shape index (κ2) is 5.55. The predicted molar refractivity (Wildman–Crippen MR) is 79.3 cm³/mol. The van der Waals surface area contributed by atoms with Crippen molar-refractivity contribution < 1.29 is 28.8 Å². The van der Waals surface area contributed by atoms with Gasteiger partial charge in [-0.15, -0.1) is 0 Å². The zero-order valence-electron chi connectivity index (χ0n) is 12.5. The fourth-order valence-corrected chi connectivity index (χ4v) is 2.46. The van der Waals surface area contributed by atoms with Gasteiger partial charge in [-0.25, -0.2) is 0 Å². The molecular formula is C16H16O6. The Morgan fingerprint density at radius 1 is 1.00 bits per heavy atom. The molecule has 0 fully saturated rings. The number of ether oxygens (including phenoxy) is 5. The highest BCUT2D eigenvalue weighted by atomic mass is 16.7. The molecule has 0 saturated carbocycles. The molecule has 1 aliphatic heterocycles. The van der Waals surface area contributed by atoms with Gasteiger partial charge in [0, 0.05) is 17.7 Å². The lowest BCUT2D eigenvalue weighted by molar-refractivity contribution is 0.171. The number of phenolic OH excluding ortho intramolecular Hbond substituents is 1. The van der Waals surface area contributed by atoms with E-state index < -0.39 is 0 Å². The minimum Gasteiger partial charge on any atom is -0.507 e. The van der Waals surface area contributed by atoms with Gasteiger partial charge in [0.1, 0.15) is 17.2 Å². The smallest absolute Gasteiger partial charge is 0.231 e. The third-order valence-electron chi connectivity index (χ3n) is 3.48. The fraction of sp³-hybridized carbons (Fsp3) is 0.250. The molecule has 0 unspecified atom stereocenters. The normalized spacial score (nSPS) is 12.1. The maximum absolute atomic E-state index is 10.4. The molecule has 0 aliphatic carbocycles. The number of rotatable bonds is 4. The Labute approximate surface area is 127 Å². The van der Waals surface area contributed by atoms with Crippen molar-refractivity contribution in [1.82, 2.24) is 0 Å². The van der Waals surface area contributed by atoms with E-state index in [-0.39, 0.29) is 12.5 Å². The fourth-order valence-electron chi connectivity index (χ4n) is 2.46. The molecule has 116 valence electrons. The first-order valence-electron chi connectivity index (χ1n) is 6.61. The molecule has 1 aliphatic rings. The molecule has 22 heavy (non-hydrogen) atoms. The summed E-state index contributed by atoms with van der Waals surface area (Å²) in [6.45, 7) is 0.0916. The van der Waals surface area contributed by atoms with Crippen LogP contribution >= 0.6 is 0 Å². The molecule has 0 saturated heterocycles. The van der Waals surface area contributed by atoms with Crippen LogP contribution in [0.15, 0.2) is 24.3 Å². The third kappa shape index (κ3) is 2.13. The summed E-state index contributed by atoms with van der Waals surface area (Å²) < 4.78 is 26.7. The molecule has 1 N–H and O–H groups in total. The van der Waals surface area contributed by atoms with E-state index in [9.17, 15) is 5.11 Å². The van der Waals surface area contributed by atoms with Gasteiger partial charge in [0.25, 0.3) is 0 Å². The van der Waals surface area contributed by atoms with Gasteiger partial charge in [-0.2, -0.15) is 0 Å². The molecule has 2 aromatic rings. The van der Waals surface area contributed by atoms with Gasteiger partial charge in [0.2, 0.25) is 12.5 Å². The first kappa shape index (κ1) is 14.2. The van der Waals surface area contributed by atoms with Gasteiger partial charge < -0.3 is 28.8 Å². The summed E-state index contributed by atoms with van der Waals surface area (Å²) in [5, 5.41) is 10.4. The monoisotopic (exact) mass is 304 g/mol.